The summed E-state index contributed by atoms with van der Waals surface area (Å²) >= 11 is 0. The molecule has 0 aromatic heterocycles. The molecule has 51 heavy (non-hydrogen) atoms. The number of primary amides is 1. The van der Waals surface area contributed by atoms with E-state index in [9.17, 15) is 43.2 Å². The van der Waals surface area contributed by atoms with Gasteiger partial charge in [0.2, 0.25) is 47.3 Å². The summed E-state index contributed by atoms with van der Waals surface area (Å²) in [5.41, 5.74) is 10.6. The standard InChI is InChI=1S/C32H55N9O10/c1-16(2)12-20(38-30(49)26(17(3)4)39-24(44)14-35-23(43)13-33)28(47)40-27(18(5)6)31(50)37-19(9-10-22(34)42)32(51)41-11-7-8-21(41)29(48)36-15-25(45)46/h16-21,26-27H,7-15,33H2,1-6H3,(H2,34,42)(H,35,43)(H,36,48)(H,37,50)(H,38,49)(H,39,44)(H,40,47)(H,45,46)/t19-,20-,21-,26-,27-/m1/s1. The second-order valence-corrected chi connectivity index (χ2v) is 13.6. The number of carbonyl (C=O) groups is 9. The molecule has 288 valence electrons. The van der Waals surface area contributed by atoms with E-state index >= 15 is 0 Å². The van der Waals surface area contributed by atoms with Crippen LogP contribution in [0, 0.1) is 17.8 Å². The lowest BCUT2D eigenvalue weighted by Gasteiger charge is -2.31. The summed E-state index contributed by atoms with van der Waals surface area (Å²) in [6.45, 7) is 9.09. The minimum atomic E-state index is -1.31. The van der Waals surface area contributed by atoms with E-state index in [4.69, 9.17) is 16.6 Å². The van der Waals surface area contributed by atoms with E-state index in [2.05, 4.69) is 31.9 Å². The fraction of sp³-hybridized carbons (Fsp3) is 0.719. The molecule has 0 spiro atoms. The third kappa shape index (κ3) is 15.3. The monoisotopic (exact) mass is 725 g/mol. The topological polar surface area (TPSA) is 301 Å². The molecule has 0 unspecified atom stereocenters. The van der Waals surface area contributed by atoms with Crippen LogP contribution in [0.5, 0.6) is 0 Å². The van der Waals surface area contributed by atoms with Crippen LogP contribution < -0.4 is 43.4 Å². The van der Waals surface area contributed by atoms with E-state index in [0.717, 1.165) is 0 Å². The molecule has 0 aromatic rings. The maximum atomic E-state index is 13.7. The highest BCUT2D eigenvalue weighted by atomic mass is 16.4. The lowest BCUT2D eigenvalue weighted by Crippen LogP contribution is -2.61. The van der Waals surface area contributed by atoms with Gasteiger partial charge in [0.1, 0.15) is 36.8 Å². The van der Waals surface area contributed by atoms with Crippen LogP contribution in [0.2, 0.25) is 0 Å². The highest BCUT2D eigenvalue weighted by molar-refractivity contribution is 5.97. The van der Waals surface area contributed by atoms with Gasteiger partial charge in [0.25, 0.3) is 0 Å². The van der Waals surface area contributed by atoms with E-state index in [1.54, 1.807) is 27.7 Å². The van der Waals surface area contributed by atoms with Crippen molar-refractivity contribution in [2.45, 2.75) is 104 Å². The Hall–Kier alpha value is -4.81. The average molecular weight is 726 g/mol. The van der Waals surface area contributed by atoms with E-state index < -0.39 is 108 Å². The number of carboxylic acid groups (broad SMARTS) is 1. The van der Waals surface area contributed by atoms with Crippen molar-refractivity contribution in [3.63, 3.8) is 0 Å². The first-order chi connectivity index (χ1) is 23.8. The summed E-state index contributed by atoms with van der Waals surface area (Å²) in [5, 5.41) is 24.0. The molecule has 0 aromatic carbocycles. The van der Waals surface area contributed by atoms with Gasteiger partial charge in [-0.15, -0.1) is 0 Å². The predicted molar refractivity (Wildman–Crippen MR) is 183 cm³/mol. The maximum absolute atomic E-state index is 13.7. The van der Waals surface area contributed by atoms with E-state index in [-0.39, 0.29) is 44.7 Å². The van der Waals surface area contributed by atoms with Crippen molar-refractivity contribution in [3.8, 4) is 0 Å². The van der Waals surface area contributed by atoms with Gasteiger partial charge in [0.15, 0.2) is 0 Å². The summed E-state index contributed by atoms with van der Waals surface area (Å²) in [5.74, 6) is -7.73. The molecule has 19 heteroatoms. The second-order valence-electron chi connectivity index (χ2n) is 13.6. The normalized spacial score (nSPS) is 16.4. The second kappa shape index (κ2) is 21.4. The first kappa shape index (κ1) is 44.2. The number of carboxylic acids is 1. The highest BCUT2D eigenvalue weighted by Crippen LogP contribution is 2.20. The van der Waals surface area contributed by atoms with Crippen LogP contribution in [0.4, 0.5) is 0 Å². The molecule has 1 saturated heterocycles. The van der Waals surface area contributed by atoms with E-state index in [0.29, 0.717) is 6.42 Å². The number of nitrogens with zero attached hydrogens (tertiary/aromatic N) is 1. The predicted octanol–water partition coefficient (Wildman–Crippen LogP) is -3.18. The van der Waals surface area contributed by atoms with Crippen molar-refractivity contribution < 1.29 is 48.3 Å². The Kier molecular flexibility index (Phi) is 18.6. The number of nitrogens with two attached hydrogens (primary N) is 2. The van der Waals surface area contributed by atoms with Crippen molar-refractivity contribution in [2.24, 2.45) is 29.2 Å². The van der Waals surface area contributed by atoms with Crippen LogP contribution in [-0.2, 0) is 43.2 Å². The molecular weight excluding hydrogens is 670 g/mol. The highest BCUT2D eigenvalue weighted by Gasteiger charge is 2.39. The third-order valence-electron chi connectivity index (χ3n) is 8.03. The van der Waals surface area contributed by atoms with Crippen molar-refractivity contribution in [1.82, 2.24) is 36.8 Å². The average Bonchev–Trinajstić information content (AvgIpc) is 3.54. The Bertz CT molecular complexity index is 1290. The molecule has 0 saturated carbocycles. The Morgan fingerprint density at radius 1 is 0.745 bits per heavy atom. The molecule has 1 aliphatic heterocycles. The smallest absolute Gasteiger partial charge is 0.322 e. The summed E-state index contributed by atoms with van der Waals surface area (Å²) in [6, 6.07) is -5.73. The van der Waals surface area contributed by atoms with Gasteiger partial charge in [0.05, 0.1) is 13.1 Å². The van der Waals surface area contributed by atoms with Crippen molar-refractivity contribution in [1.29, 1.82) is 0 Å². The molecule has 11 N–H and O–H groups in total. The largest absolute Gasteiger partial charge is 0.480 e. The van der Waals surface area contributed by atoms with Gasteiger partial charge in [-0.2, -0.15) is 0 Å². The van der Waals surface area contributed by atoms with Crippen molar-refractivity contribution in [2.75, 3.05) is 26.2 Å². The molecule has 0 aliphatic carbocycles. The molecule has 1 rings (SSSR count). The van der Waals surface area contributed by atoms with Gasteiger partial charge in [-0.3, -0.25) is 43.2 Å². The van der Waals surface area contributed by atoms with Crippen LogP contribution in [0.15, 0.2) is 0 Å². The van der Waals surface area contributed by atoms with Gasteiger partial charge in [-0.1, -0.05) is 41.5 Å². The number of nitrogens with one attached hydrogen (secondary N) is 6. The summed E-state index contributed by atoms with van der Waals surface area (Å²) in [6.07, 6.45) is 0.369. The fourth-order valence-corrected chi connectivity index (χ4v) is 5.35. The van der Waals surface area contributed by atoms with Gasteiger partial charge in [0, 0.05) is 13.0 Å². The molecule has 19 nitrogen and oxygen atoms in total. The molecule has 1 fully saturated rings. The zero-order chi connectivity index (χ0) is 39.0. The number of aliphatic carboxylic acids is 1. The minimum Gasteiger partial charge on any atom is -0.480 e. The Labute approximate surface area is 297 Å². The number of hydrogen-bond donors (Lipinski definition) is 9. The van der Waals surface area contributed by atoms with Gasteiger partial charge < -0.3 is 53.4 Å². The first-order valence-corrected chi connectivity index (χ1v) is 17.0. The number of carbonyl (C=O) groups excluding carboxylic acids is 8. The SMILES string of the molecule is CC(C)C[C@@H](NC(=O)[C@H](NC(=O)CNC(=O)CN)C(C)C)C(=O)N[C@@H](C(=O)N[C@H](CCC(N)=O)C(=O)N1CCC[C@@H]1C(=O)NCC(=O)O)C(C)C. The number of amides is 8. The Morgan fingerprint density at radius 2 is 1.31 bits per heavy atom. The van der Waals surface area contributed by atoms with E-state index in [1.165, 1.54) is 4.90 Å². The first-order valence-electron chi connectivity index (χ1n) is 17.0. The lowest BCUT2D eigenvalue weighted by atomic mass is 9.98. The van der Waals surface area contributed by atoms with Crippen LogP contribution in [0.1, 0.15) is 73.6 Å². The molecular formula is C32H55N9O10. The van der Waals surface area contributed by atoms with Crippen LogP contribution in [0.25, 0.3) is 0 Å². The molecule has 0 radical (unpaired) electrons. The molecule has 0 bridgehead atoms. The summed E-state index contributed by atoms with van der Waals surface area (Å²) in [4.78, 5) is 115. The van der Waals surface area contributed by atoms with Crippen LogP contribution in [-0.4, -0.2) is 120 Å². The molecule has 5 atom stereocenters. The summed E-state index contributed by atoms with van der Waals surface area (Å²) < 4.78 is 0. The van der Waals surface area contributed by atoms with Gasteiger partial charge in [-0.05, 0) is 43.4 Å². The van der Waals surface area contributed by atoms with Crippen molar-refractivity contribution in [3.05, 3.63) is 0 Å². The third-order valence-corrected chi connectivity index (χ3v) is 8.03. The lowest BCUT2D eigenvalue weighted by molar-refractivity contribution is -0.143. The van der Waals surface area contributed by atoms with Crippen LogP contribution >= 0.6 is 0 Å². The van der Waals surface area contributed by atoms with Gasteiger partial charge in [-0.25, -0.2) is 0 Å². The summed E-state index contributed by atoms with van der Waals surface area (Å²) in [7, 11) is 0. The maximum Gasteiger partial charge on any atom is 0.322 e. The van der Waals surface area contributed by atoms with Crippen molar-refractivity contribution >= 4 is 53.2 Å². The zero-order valence-electron chi connectivity index (χ0n) is 30.2. The van der Waals surface area contributed by atoms with Gasteiger partial charge >= 0.3 is 5.97 Å². The minimum absolute atomic E-state index is 0.0946. The molecule has 1 heterocycles. The zero-order valence-corrected chi connectivity index (χ0v) is 30.2. The number of hydrogen-bond acceptors (Lipinski definition) is 10. The number of rotatable bonds is 21. The van der Waals surface area contributed by atoms with Crippen LogP contribution in [0.3, 0.4) is 0 Å². The molecule has 8 amide bonds. The fourth-order valence-electron chi connectivity index (χ4n) is 5.35. The quantitative estimate of drug-likeness (QED) is 0.0568. The Balaban J connectivity index is 3.18. The molecule has 1 aliphatic rings. The Morgan fingerprint density at radius 3 is 1.82 bits per heavy atom. The van der Waals surface area contributed by atoms with E-state index in [1.807, 2.05) is 13.8 Å². The number of likely N-dealkylation sites (tertiary alicyclic amines) is 1.